The van der Waals surface area contributed by atoms with Gasteiger partial charge in [-0.15, -0.1) is 0 Å². The first kappa shape index (κ1) is 9.40. The standard InChI is InChI=1S/C7H10N4O2/c1-9-3-4-2-5(12)11-7(10-4)6(8)13/h2,9H,3H2,1H3,(H2,8,13)(H,10,11,12). The smallest absolute Gasteiger partial charge is 0.284 e. The predicted molar refractivity (Wildman–Crippen MR) is 46.1 cm³/mol. The molecule has 0 bridgehead atoms. The van der Waals surface area contributed by atoms with Crippen LogP contribution in [0.2, 0.25) is 0 Å². The van der Waals surface area contributed by atoms with Gasteiger partial charge in [-0.2, -0.15) is 0 Å². The number of hydrogen-bond donors (Lipinski definition) is 3. The van der Waals surface area contributed by atoms with E-state index in [0.29, 0.717) is 12.2 Å². The van der Waals surface area contributed by atoms with E-state index < -0.39 is 5.91 Å². The second-order valence-electron chi connectivity index (χ2n) is 2.48. The van der Waals surface area contributed by atoms with Crippen molar-refractivity contribution in [3.05, 3.63) is 27.9 Å². The molecule has 6 heteroatoms. The van der Waals surface area contributed by atoms with Gasteiger partial charge in [0.25, 0.3) is 11.5 Å². The number of primary amides is 1. The first-order valence-corrected chi connectivity index (χ1v) is 3.68. The van der Waals surface area contributed by atoms with Gasteiger partial charge in [-0.1, -0.05) is 0 Å². The molecule has 1 heterocycles. The topological polar surface area (TPSA) is 101 Å². The number of hydrogen-bond acceptors (Lipinski definition) is 4. The number of nitrogens with two attached hydrogens (primary N) is 1. The molecule has 4 N–H and O–H groups in total. The average molecular weight is 182 g/mol. The van der Waals surface area contributed by atoms with Gasteiger partial charge in [-0.3, -0.25) is 9.59 Å². The summed E-state index contributed by atoms with van der Waals surface area (Å²) in [6, 6.07) is 1.31. The van der Waals surface area contributed by atoms with E-state index in [1.165, 1.54) is 6.07 Å². The zero-order valence-corrected chi connectivity index (χ0v) is 7.13. The summed E-state index contributed by atoms with van der Waals surface area (Å²) in [6.45, 7) is 0.421. The Morgan fingerprint density at radius 2 is 2.46 bits per heavy atom. The molecule has 0 aliphatic rings. The van der Waals surface area contributed by atoms with E-state index in [9.17, 15) is 9.59 Å². The fraction of sp³-hybridized carbons (Fsp3) is 0.286. The normalized spacial score (nSPS) is 9.92. The molecule has 6 nitrogen and oxygen atoms in total. The van der Waals surface area contributed by atoms with E-state index in [-0.39, 0.29) is 11.4 Å². The third-order valence-corrected chi connectivity index (χ3v) is 1.39. The zero-order valence-electron chi connectivity index (χ0n) is 7.13. The molecule has 1 aromatic heterocycles. The lowest BCUT2D eigenvalue weighted by Gasteiger charge is -1.99. The number of carbonyl (C=O) groups is 1. The summed E-state index contributed by atoms with van der Waals surface area (Å²) < 4.78 is 0. The Morgan fingerprint density at radius 3 is 3.00 bits per heavy atom. The molecule has 0 unspecified atom stereocenters. The van der Waals surface area contributed by atoms with Gasteiger partial charge in [0.2, 0.25) is 0 Å². The summed E-state index contributed by atoms with van der Waals surface area (Å²) in [5.74, 6) is -0.854. The van der Waals surface area contributed by atoms with E-state index in [0.717, 1.165) is 0 Å². The summed E-state index contributed by atoms with van der Waals surface area (Å²) in [4.78, 5) is 27.7. The van der Waals surface area contributed by atoms with Crippen LogP contribution in [0.4, 0.5) is 0 Å². The fourth-order valence-corrected chi connectivity index (χ4v) is 0.896. The first-order valence-electron chi connectivity index (χ1n) is 3.68. The maximum Gasteiger partial charge on any atom is 0.284 e. The van der Waals surface area contributed by atoms with Crippen LogP contribution in [0.3, 0.4) is 0 Å². The number of aromatic amines is 1. The Hall–Kier alpha value is -1.69. The molecular formula is C7H10N4O2. The molecule has 0 fully saturated rings. The third-order valence-electron chi connectivity index (χ3n) is 1.39. The maximum atomic E-state index is 11.0. The number of nitrogens with one attached hydrogen (secondary N) is 2. The van der Waals surface area contributed by atoms with Crippen LogP contribution in [0.1, 0.15) is 16.3 Å². The van der Waals surface area contributed by atoms with Gasteiger partial charge in [0.15, 0.2) is 5.82 Å². The van der Waals surface area contributed by atoms with Crippen LogP contribution in [0.5, 0.6) is 0 Å². The monoisotopic (exact) mass is 182 g/mol. The van der Waals surface area contributed by atoms with Crippen molar-refractivity contribution in [2.75, 3.05) is 7.05 Å². The highest BCUT2D eigenvalue weighted by molar-refractivity contribution is 5.88. The molecule has 1 rings (SSSR count). The van der Waals surface area contributed by atoms with E-state index >= 15 is 0 Å². The second kappa shape index (κ2) is 3.81. The average Bonchev–Trinajstić information content (AvgIpc) is 2.03. The van der Waals surface area contributed by atoms with Crippen molar-refractivity contribution in [3.8, 4) is 0 Å². The molecule has 0 radical (unpaired) electrons. The first-order chi connectivity index (χ1) is 6.13. The molecule has 0 saturated carbocycles. The molecule has 0 aliphatic heterocycles. The summed E-state index contributed by atoms with van der Waals surface area (Å²) >= 11 is 0. The number of amides is 1. The lowest BCUT2D eigenvalue weighted by atomic mass is 10.4. The summed E-state index contributed by atoms with van der Waals surface area (Å²) in [6.07, 6.45) is 0. The predicted octanol–water partition coefficient (Wildman–Crippen LogP) is -1.41. The maximum absolute atomic E-state index is 11.0. The number of carbonyl (C=O) groups excluding carboxylic acids is 1. The van der Waals surface area contributed by atoms with Crippen LogP contribution in [0, 0.1) is 0 Å². The van der Waals surface area contributed by atoms with Gasteiger partial charge in [-0.05, 0) is 7.05 Å². The van der Waals surface area contributed by atoms with Crippen molar-refractivity contribution in [2.24, 2.45) is 5.73 Å². The molecule has 0 aliphatic carbocycles. The highest BCUT2D eigenvalue weighted by Gasteiger charge is 2.04. The molecule has 1 aromatic rings. The summed E-state index contributed by atoms with van der Waals surface area (Å²) in [5, 5.41) is 2.81. The minimum atomic E-state index is -0.741. The van der Waals surface area contributed by atoms with E-state index in [2.05, 4.69) is 15.3 Å². The van der Waals surface area contributed by atoms with Gasteiger partial charge in [0, 0.05) is 12.6 Å². The van der Waals surface area contributed by atoms with Crippen LogP contribution in [0.15, 0.2) is 10.9 Å². The molecule has 1 amide bonds. The van der Waals surface area contributed by atoms with Gasteiger partial charge in [0.1, 0.15) is 0 Å². The Bertz CT molecular complexity index is 371. The van der Waals surface area contributed by atoms with Crippen molar-refractivity contribution in [1.82, 2.24) is 15.3 Å². The molecule has 13 heavy (non-hydrogen) atoms. The van der Waals surface area contributed by atoms with E-state index in [1.54, 1.807) is 7.05 Å². The van der Waals surface area contributed by atoms with Crippen LogP contribution in [-0.2, 0) is 6.54 Å². The Kier molecular flexibility index (Phi) is 2.76. The van der Waals surface area contributed by atoms with Crippen molar-refractivity contribution >= 4 is 5.91 Å². The summed E-state index contributed by atoms with van der Waals surface area (Å²) in [7, 11) is 1.72. The van der Waals surface area contributed by atoms with Crippen LogP contribution in [0.25, 0.3) is 0 Å². The molecule has 70 valence electrons. The molecule has 0 saturated heterocycles. The van der Waals surface area contributed by atoms with Crippen molar-refractivity contribution in [2.45, 2.75) is 6.54 Å². The lowest BCUT2D eigenvalue weighted by molar-refractivity contribution is 0.0989. The molecule has 0 spiro atoms. The summed E-state index contributed by atoms with van der Waals surface area (Å²) in [5.41, 5.74) is 5.06. The van der Waals surface area contributed by atoms with Crippen LogP contribution < -0.4 is 16.6 Å². The van der Waals surface area contributed by atoms with Crippen LogP contribution in [-0.4, -0.2) is 22.9 Å². The highest BCUT2D eigenvalue weighted by Crippen LogP contribution is 1.90. The van der Waals surface area contributed by atoms with Crippen LogP contribution >= 0.6 is 0 Å². The zero-order chi connectivity index (χ0) is 9.84. The second-order valence-corrected chi connectivity index (χ2v) is 2.48. The van der Waals surface area contributed by atoms with Crippen molar-refractivity contribution < 1.29 is 4.79 Å². The number of H-pyrrole nitrogens is 1. The minimum Gasteiger partial charge on any atom is -0.363 e. The largest absolute Gasteiger partial charge is 0.363 e. The third kappa shape index (κ3) is 2.38. The molecule has 0 atom stereocenters. The Labute approximate surface area is 74.2 Å². The molecular weight excluding hydrogens is 172 g/mol. The quantitative estimate of drug-likeness (QED) is 0.534. The fourth-order valence-electron chi connectivity index (χ4n) is 0.896. The van der Waals surface area contributed by atoms with Gasteiger partial charge in [0.05, 0.1) is 5.69 Å². The molecule has 0 aromatic carbocycles. The van der Waals surface area contributed by atoms with E-state index in [1.807, 2.05) is 0 Å². The van der Waals surface area contributed by atoms with E-state index in [4.69, 9.17) is 5.73 Å². The van der Waals surface area contributed by atoms with Gasteiger partial charge >= 0.3 is 0 Å². The number of aromatic nitrogens is 2. The van der Waals surface area contributed by atoms with Gasteiger partial charge in [-0.25, -0.2) is 4.98 Å². The number of nitrogens with zero attached hydrogens (tertiary/aromatic N) is 1. The Balaban J connectivity index is 3.11. The highest BCUT2D eigenvalue weighted by atomic mass is 16.1. The Morgan fingerprint density at radius 1 is 1.77 bits per heavy atom. The SMILES string of the molecule is CNCc1cc(=O)[nH]c(C(N)=O)n1. The van der Waals surface area contributed by atoms with Crippen molar-refractivity contribution in [1.29, 1.82) is 0 Å². The number of rotatable bonds is 3. The lowest BCUT2D eigenvalue weighted by Crippen LogP contribution is -2.23. The van der Waals surface area contributed by atoms with Crippen molar-refractivity contribution in [3.63, 3.8) is 0 Å². The van der Waals surface area contributed by atoms with Gasteiger partial charge < -0.3 is 16.0 Å². The minimum absolute atomic E-state index is 0.113.